The molecule has 0 saturated carbocycles. The number of hydrogen-bond donors (Lipinski definition) is 1. The molecule has 1 saturated heterocycles. The fourth-order valence-electron chi connectivity index (χ4n) is 5.57. The number of ketones is 1. The molecule has 1 aromatic heterocycles. The van der Waals surface area contributed by atoms with Crippen LogP contribution in [0.3, 0.4) is 0 Å². The van der Waals surface area contributed by atoms with Crippen LogP contribution in [0.1, 0.15) is 49.9 Å². The molecule has 10 heteroatoms. The van der Waals surface area contributed by atoms with Gasteiger partial charge in [-0.25, -0.2) is 4.98 Å². The van der Waals surface area contributed by atoms with E-state index in [0.717, 1.165) is 22.4 Å². The van der Waals surface area contributed by atoms with Crippen LogP contribution in [-0.4, -0.2) is 48.7 Å². The van der Waals surface area contributed by atoms with Crippen molar-refractivity contribution in [3.63, 3.8) is 0 Å². The van der Waals surface area contributed by atoms with Gasteiger partial charge in [-0.05, 0) is 78.9 Å². The van der Waals surface area contributed by atoms with E-state index in [4.69, 9.17) is 23.9 Å². The predicted molar refractivity (Wildman–Crippen MR) is 169 cm³/mol. The first-order chi connectivity index (χ1) is 21.2. The maximum atomic E-state index is 13.8. The Morgan fingerprint density at radius 1 is 1.07 bits per heavy atom. The number of anilines is 1. The minimum absolute atomic E-state index is 0.0133. The van der Waals surface area contributed by atoms with Gasteiger partial charge in [-0.2, -0.15) is 0 Å². The monoisotopic (exact) mass is 614 g/mol. The standard InChI is InChI=1S/C34H34N2O7S/c1-18(2)12-13-42-26-11-6-20(16-27(26)41-5)30-29(31(37)21-7-10-25-22(15-21)14-19(3)43-25)32(38)33(39)36(30)34-35-24-9-8-23(40-4)17-28(24)44-34/h6-11,15-19,30,37H,12-14H2,1-5H3/t19-,30+/m1/s1. The third-order valence-corrected chi connectivity index (χ3v) is 8.88. The number of benzene rings is 3. The maximum Gasteiger partial charge on any atom is 0.301 e. The molecule has 0 unspecified atom stereocenters. The van der Waals surface area contributed by atoms with Gasteiger partial charge in [-0.3, -0.25) is 14.5 Å². The molecule has 0 aliphatic carbocycles. The van der Waals surface area contributed by atoms with Crippen LogP contribution >= 0.6 is 11.3 Å². The third-order valence-electron chi connectivity index (χ3n) is 7.86. The zero-order valence-corrected chi connectivity index (χ0v) is 26.1. The van der Waals surface area contributed by atoms with E-state index in [1.165, 1.54) is 16.2 Å². The summed E-state index contributed by atoms with van der Waals surface area (Å²) in [6.07, 6.45) is 1.57. The second kappa shape index (κ2) is 11.8. The molecular weight excluding hydrogens is 580 g/mol. The number of rotatable bonds is 9. The highest BCUT2D eigenvalue weighted by Gasteiger charge is 2.48. The molecule has 4 aromatic rings. The maximum absolute atomic E-state index is 13.8. The van der Waals surface area contributed by atoms with Crippen molar-refractivity contribution in [2.75, 3.05) is 25.7 Å². The molecule has 1 fully saturated rings. The Bertz CT molecular complexity index is 1790. The van der Waals surface area contributed by atoms with Crippen molar-refractivity contribution in [3.05, 3.63) is 76.9 Å². The van der Waals surface area contributed by atoms with Crippen LogP contribution in [0, 0.1) is 5.92 Å². The van der Waals surface area contributed by atoms with Crippen LogP contribution in [0.4, 0.5) is 5.13 Å². The van der Waals surface area contributed by atoms with Crippen molar-refractivity contribution in [1.29, 1.82) is 0 Å². The average molecular weight is 615 g/mol. The number of thiazole rings is 1. The highest BCUT2D eigenvalue weighted by molar-refractivity contribution is 7.22. The van der Waals surface area contributed by atoms with Gasteiger partial charge in [0.15, 0.2) is 16.6 Å². The van der Waals surface area contributed by atoms with Crippen molar-refractivity contribution >= 4 is 44.1 Å². The second-order valence-electron chi connectivity index (χ2n) is 11.4. The summed E-state index contributed by atoms with van der Waals surface area (Å²) in [5.74, 6) is 1.03. The van der Waals surface area contributed by atoms with Crippen LogP contribution in [-0.2, 0) is 16.0 Å². The van der Waals surface area contributed by atoms with Crippen LogP contribution < -0.4 is 23.8 Å². The predicted octanol–water partition coefficient (Wildman–Crippen LogP) is 6.69. The van der Waals surface area contributed by atoms with Gasteiger partial charge in [-0.1, -0.05) is 31.3 Å². The molecule has 9 nitrogen and oxygen atoms in total. The summed E-state index contributed by atoms with van der Waals surface area (Å²) >= 11 is 1.27. The van der Waals surface area contributed by atoms with Gasteiger partial charge < -0.3 is 24.1 Å². The fraction of sp³-hybridized carbons (Fsp3) is 0.324. The Labute approximate surface area is 259 Å². The largest absolute Gasteiger partial charge is 0.507 e. The number of methoxy groups -OCH3 is 2. The Morgan fingerprint density at radius 2 is 1.89 bits per heavy atom. The van der Waals surface area contributed by atoms with Crippen LogP contribution in [0.2, 0.25) is 0 Å². The number of aromatic nitrogens is 1. The lowest BCUT2D eigenvalue weighted by atomic mass is 9.94. The highest BCUT2D eigenvalue weighted by Crippen LogP contribution is 2.46. The van der Waals surface area contributed by atoms with Crippen molar-refractivity contribution in [2.24, 2.45) is 5.92 Å². The number of nitrogens with zero attached hydrogens (tertiary/aromatic N) is 2. The summed E-state index contributed by atoms with van der Waals surface area (Å²) in [5, 5.41) is 12.0. The van der Waals surface area contributed by atoms with Crippen LogP contribution in [0.15, 0.2) is 60.2 Å². The van der Waals surface area contributed by atoms with E-state index in [9.17, 15) is 14.7 Å². The number of Topliss-reactive ketones (excluding diaryl/α,β-unsaturated/α-hetero) is 1. The molecule has 2 atom stereocenters. The number of amides is 1. The van der Waals surface area contributed by atoms with Gasteiger partial charge in [0.25, 0.3) is 5.78 Å². The minimum atomic E-state index is -0.973. The molecule has 1 N–H and O–H groups in total. The first-order valence-electron chi connectivity index (χ1n) is 14.5. The molecule has 3 heterocycles. The topological polar surface area (TPSA) is 107 Å². The number of hydrogen-bond acceptors (Lipinski definition) is 9. The molecule has 0 spiro atoms. The van der Waals surface area contributed by atoms with Gasteiger partial charge in [0.1, 0.15) is 23.4 Å². The first-order valence-corrected chi connectivity index (χ1v) is 15.4. The normalized spacial score (nSPS) is 19.0. The SMILES string of the molecule is COc1ccc2nc(N3C(=O)C(=O)C(=C(O)c4ccc5c(c4)C[C@@H](C)O5)[C@@H]3c3ccc(OCCC(C)C)c(OC)c3)sc2c1. The van der Waals surface area contributed by atoms with Crippen molar-refractivity contribution in [3.8, 4) is 23.0 Å². The number of ether oxygens (including phenoxy) is 4. The molecule has 0 bridgehead atoms. The van der Waals surface area contributed by atoms with Gasteiger partial charge in [0.05, 0.1) is 42.7 Å². The first kappa shape index (κ1) is 29.5. The summed E-state index contributed by atoms with van der Waals surface area (Å²) in [4.78, 5) is 33.6. The molecule has 44 heavy (non-hydrogen) atoms. The molecule has 3 aromatic carbocycles. The van der Waals surface area contributed by atoms with Gasteiger partial charge >= 0.3 is 5.91 Å². The summed E-state index contributed by atoms with van der Waals surface area (Å²) in [6.45, 7) is 6.74. The Hall–Kier alpha value is -4.57. The zero-order valence-electron chi connectivity index (χ0n) is 25.2. The van der Waals surface area contributed by atoms with E-state index >= 15 is 0 Å². The molecule has 0 radical (unpaired) electrons. The Kier molecular flexibility index (Phi) is 7.94. The Balaban J connectivity index is 1.49. The number of fused-ring (bicyclic) bond motifs is 2. The number of aliphatic hydroxyl groups excluding tert-OH is 1. The fourth-order valence-corrected chi connectivity index (χ4v) is 6.59. The molecular formula is C34H34N2O7S. The highest BCUT2D eigenvalue weighted by atomic mass is 32.1. The van der Waals surface area contributed by atoms with Gasteiger partial charge in [0.2, 0.25) is 0 Å². The molecule has 1 amide bonds. The average Bonchev–Trinajstić information content (AvgIpc) is 3.68. The minimum Gasteiger partial charge on any atom is -0.507 e. The van der Waals surface area contributed by atoms with E-state index in [2.05, 4.69) is 13.8 Å². The number of carbonyl (C=O) groups excluding carboxylic acids is 2. The van der Waals surface area contributed by atoms with Gasteiger partial charge in [-0.15, -0.1) is 0 Å². The van der Waals surface area contributed by atoms with E-state index < -0.39 is 17.7 Å². The quantitative estimate of drug-likeness (QED) is 0.126. The lowest BCUT2D eigenvalue weighted by Crippen LogP contribution is -2.29. The summed E-state index contributed by atoms with van der Waals surface area (Å²) in [5.41, 5.74) is 2.55. The smallest absolute Gasteiger partial charge is 0.301 e. The second-order valence-corrected chi connectivity index (χ2v) is 12.4. The lowest BCUT2D eigenvalue weighted by molar-refractivity contribution is -0.132. The Morgan fingerprint density at radius 3 is 2.64 bits per heavy atom. The van der Waals surface area contributed by atoms with Crippen molar-refractivity contribution in [2.45, 2.75) is 45.8 Å². The van der Waals surface area contributed by atoms with Crippen LogP contribution in [0.25, 0.3) is 16.0 Å². The lowest BCUT2D eigenvalue weighted by Gasteiger charge is -2.24. The molecule has 2 aliphatic heterocycles. The van der Waals surface area contributed by atoms with E-state index in [1.807, 2.05) is 19.1 Å². The van der Waals surface area contributed by atoms with E-state index in [0.29, 0.717) is 58.0 Å². The van der Waals surface area contributed by atoms with Crippen LogP contribution in [0.5, 0.6) is 23.0 Å². The van der Waals surface area contributed by atoms with Crippen molar-refractivity contribution < 1.29 is 33.6 Å². The van der Waals surface area contributed by atoms with Gasteiger partial charge in [0, 0.05) is 12.0 Å². The zero-order chi connectivity index (χ0) is 31.1. The summed E-state index contributed by atoms with van der Waals surface area (Å²) in [7, 11) is 3.12. The number of carbonyl (C=O) groups is 2. The van der Waals surface area contributed by atoms with E-state index in [1.54, 1.807) is 56.7 Å². The summed E-state index contributed by atoms with van der Waals surface area (Å²) in [6, 6.07) is 15.1. The summed E-state index contributed by atoms with van der Waals surface area (Å²) < 4.78 is 23.7. The number of aliphatic hydroxyl groups is 1. The molecule has 2 aliphatic rings. The third kappa shape index (κ3) is 5.34. The van der Waals surface area contributed by atoms with E-state index in [-0.39, 0.29) is 17.4 Å². The van der Waals surface area contributed by atoms with Crippen molar-refractivity contribution in [1.82, 2.24) is 4.98 Å². The molecule has 6 rings (SSSR count). The molecule has 228 valence electrons.